The first-order valence-corrected chi connectivity index (χ1v) is 9.18. The van der Waals surface area contributed by atoms with E-state index >= 15 is 0 Å². The highest BCUT2D eigenvalue weighted by Crippen LogP contribution is 2.35. The quantitative estimate of drug-likeness (QED) is 0.744. The van der Waals surface area contributed by atoms with Gasteiger partial charge in [-0.2, -0.15) is 13.2 Å². The summed E-state index contributed by atoms with van der Waals surface area (Å²) in [6.07, 6.45) is -3.43. The van der Waals surface area contributed by atoms with Gasteiger partial charge in [-0.25, -0.2) is 9.78 Å². The molecule has 1 aromatic heterocycles. The second-order valence-electron chi connectivity index (χ2n) is 7.40. The zero-order chi connectivity index (χ0) is 19.8. The maximum Gasteiger partial charge on any atom is 0.477 e. The number of alkyl halides is 3. The van der Waals surface area contributed by atoms with Gasteiger partial charge in [-0.1, -0.05) is 13.8 Å². The molecule has 0 saturated carbocycles. The SMILES string of the molecule is CCOC(=O)c1ccc2[nH+]c(C(F)(F)F)cc(N3C[C@@H](C)C[C@H](C)C3)c2c1. The molecule has 1 fully saturated rings. The van der Waals surface area contributed by atoms with Crippen LogP contribution in [0.2, 0.25) is 0 Å². The second kappa shape index (κ2) is 7.37. The lowest BCUT2D eigenvalue weighted by atomic mass is 9.91. The molecule has 0 radical (unpaired) electrons. The highest BCUT2D eigenvalue weighted by Gasteiger charge is 2.40. The Hall–Kier alpha value is -2.31. The molecule has 1 aromatic carbocycles. The van der Waals surface area contributed by atoms with E-state index in [0.717, 1.165) is 12.5 Å². The molecular formula is C20H24F3N2O2+. The fourth-order valence-electron chi connectivity index (χ4n) is 3.88. The summed E-state index contributed by atoms with van der Waals surface area (Å²) < 4.78 is 45.2. The molecule has 2 heterocycles. The van der Waals surface area contributed by atoms with E-state index in [1.54, 1.807) is 13.0 Å². The number of hydrogen-bond donors (Lipinski definition) is 0. The first-order chi connectivity index (χ1) is 12.7. The van der Waals surface area contributed by atoms with E-state index in [0.29, 0.717) is 47.1 Å². The number of H-pyrrole nitrogens is 1. The highest BCUT2D eigenvalue weighted by atomic mass is 19.4. The molecule has 0 bridgehead atoms. The molecule has 0 unspecified atom stereocenters. The van der Waals surface area contributed by atoms with Crippen LogP contribution in [0.25, 0.3) is 10.9 Å². The Morgan fingerprint density at radius 1 is 1.22 bits per heavy atom. The highest BCUT2D eigenvalue weighted by molar-refractivity contribution is 5.98. The number of fused-ring (bicyclic) bond motifs is 1. The van der Waals surface area contributed by atoms with E-state index in [1.165, 1.54) is 12.1 Å². The van der Waals surface area contributed by atoms with E-state index in [9.17, 15) is 18.0 Å². The molecule has 1 N–H and O–H groups in total. The van der Waals surface area contributed by atoms with E-state index in [2.05, 4.69) is 18.8 Å². The molecule has 2 atom stereocenters. The number of halogens is 3. The Labute approximate surface area is 156 Å². The zero-order valence-electron chi connectivity index (χ0n) is 15.7. The summed E-state index contributed by atoms with van der Waals surface area (Å²) in [4.78, 5) is 16.5. The van der Waals surface area contributed by atoms with Crippen molar-refractivity contribution in [3.63, 3.8) is 0 Å². The maximum absolute atomic E-state index is 13.4. The van der Waals surface area contributed by atoms with Crippen LogP contribution < -0.4 is 9.88 Å². The number of pyridine rings is 1. The lowest BCUT2D eigenvalue weighted by molar-refractivity contribution is -0.398. The number of benzene rings is 1. The molecular weight excluding hydrogens is 357 g/mol. The molecule has 1 aliphatic rings. The average Bonchev–Trinajstić information content (AvgIpc) is 2.58. The van der Waals surface area contributed by atoms with Gasteiger partial charge in [-0.15, -0.1) is 0 Å². The van der Waals surface area contributed by atoms with E-state index in [-0.39, 0.29) is 6.61 Å². The lowest BCUT2D eigenvalue weighted by Gasteiger charge is -2.37. The summed E-state index contributed by atoms with van der Waals surface area (Å²) in [7, 11) is 0. The number of nitrogens with one attached hydrogen (secondary N) is 1. The number of carbonyl (C=O) groups is 1. The predicted molar refractivity (Wildman–Crippen MR) is 96.6 cm³/mol. The van der Waals surface area contributed by atoms with Crippen molar-refractivity contribution in [1.29, 1.82) is 0 Å². The molecule has 4 nitrogen and oxygen atoms in total. The normalized spacial score (nSPS) is 20.7. The van der Waals surface area contributed by atoms with Crippen molar-refractivity contribution >= 4 is 22.6 Å². The summed E-state index contributed by atoms with van der Waals surface area (Å²) in [5, 5.41) is 0.592. The molecule has 1 saturated heterocycles. The van der Waals surface area contributed by atoms with Crippen LogP contribution in [-0.2, 0) is 10.9 Å². The van der Waals surface area contributed by atoms with Crippen LogP contribution in [0.5, 0.6) is 0 Å². The number of esters is 1. The van der Waals surface area contributed by atoms with E-state index in [1.807, 2.05) is 4.90 Å². The van der Waals surface area contributed by atoms with Gasteiger partial charge in [0.25, 0.3) is 5.69 Å². The fraction of sp³-hybridized carbons (Fsp3) is 0.500. The van der Waals surface area contributed by atoms with Gasteiger partial charge < -0.3 is 9.64 Å². The molecule has 1 aliphatic heterocycles. The fourth-order valence-corrected chi connectivity index (χ4v) is 3.88. The van der Waals surface area contributed by atoms with Gasteiger partial charge in [0.05, 0.1) is 23.2 Å². The molecule has 7 heteroatoms. The number of ether oxygens (including phenoxy) is 1. The van der Waals surface area contributed by atoms with E-state index in [4.69, 9.17) is 4.74 Å². The Morgan fingerprint density at radius 2 is 1.89 bits per heavy atom. The van der Waals surface area contributed by atoms with Crippen LogP contribution in [-0.4, -0.2) is 25.7 Å². The third-order valence-corrected chi connectivity index (χ3v) is 4.87. The van der Waals surface area contributed by atoms with Gasteiger partial charge in [-0.3, -0.25) is 0 Å². The minimum Gasteiger partial charge on any atom is -0.462 e. The number of aromatic nitrogens is 1. The molecule has 3 rings (SSSR count). The van der Waals surface area contributed by atoms with Gasteiger partial charge >= 0.3 is 12.1 Å². The lowest BCUT2D eigenvalue weighted by Crippen LogP contribution is -2.39. The Balaban J connectivity index is 2.16. The molecule has 0 amide bonds. The minimum absolute atomic E-state index is 0.240. The number of aromatic amines is 1. The monoisotopic (exact) mass is 381 g/mol. The Kier molecular flexibility index (Phi) is 5.31. The number of anilines is 1. The van der Waals surface area contributed by atoms with Crippen molar-refractivity contribution < 1.29 is 27.7 Å². The van der Waals surface area contributed by atoms with Gasteiger partial charge in [0.15, 0.2) is 0 Å². The summed E-state index contributed by atoms with van der Waals surface area (Å²) in [5.41, 5.74) is 0.385. The first-order valence-electron chi connectivity index (χ1n) is 9.18. The second-order valence-corrected chi connectivity index (χ2v) is 7.40. The van der Waals surface area contributed by atoms with Crippen LogP contribution in [0.15, 0.2) is 24.3 Å². The van der Waals surface area contributed by atoms with Crippen LogP contribution >= 0.6 is 0 Å². The molecule has 2 aromatic rings. The summed E-state index contributed by atoms with van der Waals surface area (Å²) in [5.74, 6) is 0.289. The van der Waals surface area contributed by atoms with Crippen LogP contribution in [0, 0.1) is 11.8 Å². The van der Waals surface area contributed by atoms with Crippen molar-refractivity contribution in [1.82, 2.24) is 0 Å². The van der Waals surface area contributed by atoms with Gasteiger partial charge in [-0.05, 0) is 37.3 Å². The summed E-state index contributed by atoms with van der Waals surface area (Å²) in [6.45, 7) is 7.53. The molecule has 146 valence electrons. The Morgan fingerprint density at radius 3 is 2.48 bits per heavy atom. The largest absolute Gasteiger partial charge is 0.477 e. The van der Waals surface area contributed by atoms with Gasteiger partial charge in [0.2, 0.25) is 5.52 Å². The van der Waals surface area contributed by atoms with Crippen LogP contribution in [0.4, 0.5) is 18.9 Å². The number of rotatable bonds is 3. The number of carbonyl (C=O) groups excluding carboxylic acids is 1. The minimum atomic E-state index is -4.48. The smallest absolute Gasteiger partial charge is 0.462 e. The number of hydrogen-bond acceptors (Lipinski definition) is 3. The van der Waals surface area contributed by atoms with Crippen molar-refractivity contribution in [2.75, 3.05) is 24.6 Å². The van der Waals surface area contributed by atoms with E-state index < -0.39 is 17.8 Å². The third-order valence-electron chi connectivity index (χ3n) is 4.87. The molecule has 27 heavy (non-hydrogen) atoms. The van der Waals surface area contributed by atoms with Crippen LogP contribution in [0.3, 0.4) is 0 Å². The third kappa shape index (κ3) is 4.17. The predicted octanol–water partition coefficient (Wildman–Crippen LogP) is 4.33. The van der Waals surface area contributed by atoms with Crippen molar-refractivity contribution in [3.8, 4) is 0 Å². The Bertz CT molecular complexity index is 841. The maximum atomic E-state index is 13.4. The number of piperidine rings is 1. The van der Waals surface area contributed by atoms with Gasteiger partial charge in [0.1, 0.15) is 0 Å². The average molecular weight is 381 g/mol. The van der Waals surface area contributed by atoms with Crippen molar-refractivity contribution in [2.24, 2.45) is 11.8 Å². The summed E-state index contributed by atoms with van der Waals surface area (Å²) >= 11 is 0. The topological polar surface area (TPSA) is 43.7 Å². The van der Waals surface area contributed by atoms with Crippen molar-refractivity contribution in [3.05, 3.63) is 35.5 Å². The number of nitrogens with zero attached hydrogens (tertiary/aromatic N) is 1. The van der Waals surface area contributed by atoms with Gasteiger partial charge in [0, 0.05) is 25.2 Å². The standard InChI is InChI=1S/C20H23F3N2O2/c1-4-27-19(26)14-5-6-16-15(8-14)17(9-18(24-16)20(21,22)23)25-10-12(2)7-13(3)11-25/h5-6,8-9,12-13H,4,7,10-11H2,1-3H3/p+1/t12-,13-/m0/s1. The van der Waals surface area contributed by atoms with Crippen molar-refractivity contribution in [2.45, 2.75) is 33.4 Å². The summed E-state index contributed by atoms with van der Waals surface area (Å²) in [6, 6.07) is 5.77. The molecule has 0 aliphatic carbocycles. The zero-order valence-corrected chi connectivity index (χ0v) is 15.7. The first kappa shape index (κ1) is 19.5. The van der Waals surface area contributed by atoms with Crippen LogP contribution in [0.1, 0.15) is 43.2 Å². The molecule has 0 spiro atoms.